The summed E-state index contributed by atoms with van der Waals surface area (Å²) >= 11 is 0. The van der Waals surface area contributed by atoms with Crippen LogP contribution in [0.3, 0.4) is 0 Å². The van der Waals surface area contributed by atoms with Crippen LogP contribution >= 0.6 is 0 Å². The zero-order chi connectivity index (χ0) is 11.1. The first-order valence-corrected chi connectivity index (χ1v) is 3.91. The highest BCUT2D eigenvalue weighted by Crippen LogP contribution is 1.89. The van der Waals surface area contributed by atoms with E-state index in [9.17, 15) is 14.4 Å². The summed E-state index contributed by atoms with van der Waals surface area (Å²) in [5.41, 5.74) is 4.66. The molecule has 3 N–H and O–H groups in total. The molecule has 0 saturated heterocycles. The Bertz CT molecular complexity index is 271. The van der Waals surface area contributed by atoms with Gasteiger partial charge in [0.25, 0.3) is 5.91 Å². The Morgan fingerprint density at radius 1 is 1.29 bits per heavy atom. The maximum absolute atomic E-state index is 10.8. The van der Waals surface area contributed by atoms with Gasteiger partial charge in [-0.1, -0.05) is 0 Å². The SMILES string of the molecule is CC(C)OC(=O)C=CC(=O)NC(N)=O. The maximum atomic E-state index is 10.8. The van der Waals surface area contributed by atoms with Crippen molar-refractivity contribution in [1.29, 1.82) is 0 Å². The second-order valence-corrected chi connectivity index (χ2v) is 2.67. The second-order valence-electron chi connectivity index (χ2n) is 2.67. The fraction of sp³-hybridized carbons (Fsp3) is 0.375. The average molecular weight is 200 g/mol. The lowest BCUT2D eigenvalue weighted by Crippen LogP contribution is -2.33. The van der Waals surface area contributed by atoms with Gasteiger partial charge in [-0.2, -0.15) is 0 Å². The van der Waals surface area contributed by atoms with E-state index >= 15 is 0 Å². The molecule has 0 atom stereocenters. The Kier molecular flexibility index (Phi) is 4.98. The van der Waals surface area contributed by atoms with Gasteiger partial charge in [-0.15, -0.1) is 0 Å². The molecule has 3 amide bonds. The van der Waals surface area contributed by atoms with Gasteiger partial charge >= 0.3 is 12.0 Å². The molecule has 0 rings (SSSR count). The van der Waals surface area contributed by atoms with Crippen LogP contribution in [-0.2, 0) is 14.3 Å². The summed E-state index contributed by atoms with van der Waals surface area (Å²) in [6.45, 7) is 3.35. The maximum Gasteiger partial charge on any atom is 0.331 e. The molecular weight excluding hydrogens is 188 g/mol. The molecule has 78 valence electrons. The lowest BCUT2D eigenvalue weighted by atomic mass is 10.4. The van der Waals surface area contributed by atoms with Gasteiger partial charge in [0.15, 0.2) is 0 Å². The second kappa shape index (κ2) is 5.74. The minimum atomic E-state index is -0.975. The third kappa shape index (κ3) is 6.84. The summed E-state index contributed by atoms with van der Waals surface area (Å²) in [7, 11) is 0. The van der Waals surface area contributed by atoms with Crippen LogP contribution in [-0.4, -0.2) is 24.0 Å². The average Bonchev–Trinajstić information content (AvgIpc) is 1.98. The molecule has 0 heterocycles. The molecule has 0 bridgehead atoms. The number of urea groups is 1. The molecule has 0 aromatic carbocycles. The van der Waals surface area contributed by atoms with E-state index in [0.717, 1.165) is 12.2 Å². The highest BCUT2D eigenvalue weighted by molar-refractivity contribution is 6.02. The molecule has 14 heavy (non-hydrogen) atoms. The van der Waals surface area contributed by atoms with E-state index in [-0.39, 0.29) is 6.10 Å². The smallest absolute Gasteiger partial charge is 0.331 e. The summed E-state index contributed by atoms with van der Waals surface area (Å²) in [4.78, 5) is 31.7. The van der Waals surface area contributed by atoms with Gasteiger partial charge < -0.3 is 10.5 Å². The van der Waals surface area contributed by atoms with Crippen molar-refractivity contribution in [2.75, 3.05) is 0 Å². The summed E-state index contributed by atoms with van der Waals surface area (Å²) in [6, 6.07) is -0.975. The topological polar surface area (TPSA) is 98.5 Å². The fourth-order valence-electron chi connectivity index (χ4n) is 0.578. The Morgan fingerprint density at radius 2 is 1.86 bits per heavy atom. The lowest BCUT2D eigenvalue weighted by molar-refractivity contribution is -0.141. The van der Waals surface area contributed by atoms with E-state index in [4.69, 9.17) is 0 Å². The zero-order valence-corrected chi connectivity index (χ0v) is 7.94. The number of carbonyl (C=O) groups is 3. The van der Waals surface area contributed by atoms with Crippen molar-refractivity contribution >= 4 is 17.9 Å². The van der Waals surface area contributed by atoms with Crippen LogP contribution in [0.2, 0.25) is 0 Å². The number of ether oxygens (including phenoxy) is 1. The third-order valence-electron chi connectivity index (χ3n) is 0.969. The molecule has 0 aliphatic rings. The minimum Gasteiger partial charge on any atom is -0.460 e. The minimum absolute atomic E-state index is 0.258. The predicted octanol–water partition coefficient (Wildman–Crippen LogP) is -0.311. The summed E-state index contributed by atoms with van der Waals surface area (Å²) < 4.78 is 4.68. The first-order chi connectivity index (χ1) is 6.41. The number of amides is 3. The molecule has 0 saturated carbocycles. The van der Waals surface area contributed by atoms with E-state index in [1.165, 1.54) is 0 Å². The first kappa shape index (κ1) is 12.2. The van der Waals surface area contributed by atoms with Crippen molar-refractivity contribution < 1.29 is 19.1 Å². The molecule has 0 fully saturated rings. The Balaban J connectivity index is 3.98. The number of hydrogen-bond acceptors (Lipinski definition) is 4. The van der Waals surface area contributed by atoms with Gasteiger partial charge in [-0.3, -0.25) is 10.1 Å². The first-order valence-electron chi connectivity index (χ1n) is 3.91. The molecule has 0 aromatic heterocycles. The van der Waals surface area contributed by atoms with Crippen LogP contribution in [0.4, 0.5) is 4.79 Å². The quantitative estimate of drug-likeness (QED) is 0.482. The van der Waals surface area contributed by atoms with Crippen molar-refractivity contribution in [3.8, 4) is 0 Å². The highest BCUT2D eigenvalue weighted by atomic mass is 16.5. The van der Waals surface area contributed by atoms with Crippen molar-refractivity contribution in [3.05, 3.63) is 12.2 Å². The van der Waals surface area contributed by atoms with Crippen molar-refractivity contribution in [2.45, 2.75) is 20.0 Å². The number of carbonyl (C=O) groups excluding carboxylic acids is 3. The van der Waals surface area contributed by atoms with Crippen LogP contribution < -0.4 is 11.1 Å². The van der Waals surface area contributed by atoms with E-state index in [1.54, 1.807) is 19.2 Å². The van der Waals surface area contributed by atoms with E-state index in [1.807, 2.05) is 0 Å². The Hall–Kier alpha value is -1.85. The highest BCUT2D eigenvalue weighted by Gasteiger charge is 2.02. The number of primary amides is 1. The van der Waals surface area contributed by atoms with Crippen LogP contribution in [0.1, 0.15) is 13.8 Å². The molecule has 0 aromatic rings. The molecule has 0 unspecified atom stereocenters. The number of esters is 1. The molecule has 0 radical (unpaired) electrons. The number of hydrogen-bond donors (Lipinski definition) is 2. The summed E-state index contributed by atoms with van der Waals surface area (Å²) in [5, 5.41) is 1.76. The molecule has 0 spiro atoms. The Labute approximate surface area is 81.1 Å². The summed E-state index contributed by atoms with van der Waals surface area (Å²) in [5.74, 6) is -1.42. The van der Waals surface area contributed by atoms with Crippen LogP contribution in [0.25, 0.3) is 0 Å². The number of nitrogens with two attached hydrogens (primary N) is 1. The standard InChI is InChI=1S/C8H12N2O4/c1-5(2)14-7(12)4-3-6(11)10-8(9)13/h3-5H,1-2H3,(H3,9,10,11,13). The van der Waals surface area contributed by atoms with Gasteiger partial charge in [0.2, 0.25) is 0 Å². The van der Waals surface area contributed by atoms with Crippen molar-refractivity contribution in [1.82, 2.24) is 5.32 Å². The molecule has 6 nitrogen and oxygen atoms in total. The molecule has 6 heteroatoms. The van der Waals surface area contributed by atoms with Gasteiger partial charge in [0.05, 0.1) is 6.10 Å². The van der Waals surface area contributed by atoms with E-state index in [0.29, 0.717) is 0 Å². The monoisotopic (exact) mass is 200 g/mol. The number of imide groups is 1. The van der Waals surface area contributed by atoms with Crippen molar-refractivity contribution in [2.24, 2.45) is 5.73 Å². The molecule has 0 aliphatic heterocycles. The van der Waals surface area contributed by atoms with Gasteiger partial charge in [-0.25, -0.2) is 9.59 Å². The van der Waals surface area contributed by atoms with Crippen molar-refractivity contribution in [3.63, 3.8) is 0 Å². The fourth-order valence-corrected chi connectivity index (χ4v) is 0.578. The molecular formula is C8H12N2O4. The van der Waals surface area contributed by atoms with E-state index in [2.05, 4.69) is 10.5 Å². The predicted molar refractivity (Wildman–Crippen MR) is 48.1 cm³/mol. The number of rotatable bonds is 3. The lowest BCUT2D eigenvalue weighted by Gasteiger charge is -2.03. The van der Waals surface area contributed by atoms with Crippen LogP contribution in [0, 0.1) is 0 Å². The molecule has 0 aliphatic carbocycles. The third-order valence-corrected chi connectivity index (χ3v) is 0.969. The van der Waals surface area contributed by atoms with Gasteiger partial charge in [0.1, 0.15) is 0 Å². The van der Waals surface area contributed by atoms with E-state index < -0.39 is 17.9 Å². The zero-order valence-electron chi connectivity index (χ0n) is 7.94. The normalized spacial score (nSPS) is 10.2. The van der Waals surface area contributed by atoms with Crippen LogP contribution in [0.15, 0.2) is 12.2 Å². The van der Waals surface area contributed by atoms with Gasteiger partial charge in [0, 0.05) is 12.2 Å². The summed E-state index contributed by atoms with van der Waals surface area (Å²) in [6.07, 6.45) is 1.53. The Morgan fingerprint density at radius 3 is 2.29 bits per heavy atom. The number of nitrogens with one attached hydrogen (secondary N) is 1. The van der Waals surface area contributed by atoms with Gasteiger partial charge in [-0.05, 0) is 13.8 Å². The van der Waals surface area contributed by atoms with Crippen LogP contribution in [0.5, 0.6) is 0 Å². The largest absolute Gasteiger partial charge is 0.460 e.